The van der Waals surface area contributed by atoms with Crippen molar-refractivity contribution in [2.75, 3.05) is 0 Å². The number of hydrogen-bond acceptors (Lipinski definition) is 2. The average Bonchev–Trinajstić information content (AvgIpc) is 2.33. The first-order valence-corrected chi connectivity index (χ1v) is 6.74. The molecule has 0 saturated carbocycles. The Morgan fingerprint density at radius 2 is 1.74 bits per heavy atom. The first-order valence-electron chi connectivity index (χ1n) is 6.74. The van der Waals surface area contributed by atoms with Crippen molar-refractivity contribution in [1.82, 2.24) is 0 Å². The molecule has 0 amide bonds. The van der Waals surface area contributed by atoms with E-state index in [1.165, 1.54) is 18.9 Å². The van der Waals surface area contributed by atoms with Crippen molar-refractivity contribution in [2.24, 2.45) is 0 Å². The monoisotopic (exact) mass is 270 g/mol. The third-order valence-electron chi connectivity index (χ3n) is 2.34. The highest BCUT2D eigenvalue weighted by atomic mass is 16.4. The summed E-state index contributed by atoms with van der Waals surface area (Å²) in [4.78, 5) is 20.2. The molecule has 0 saturated heterocycles. The zero-order valence-electron chi connectivity index (χ0n) is 12.0. The lowest BCUT2D eigenvalue weighted by Crippen LogP contribution is -2.00. The van der Waals surface area contributed by atoms with Crippen molar-refractivity contribution in [1.29, 1.82) is 0 Å². The lowest BCUT2D eigenvalue weighted by Gasteiger charge is -2.01. The highest BCUT2D eigenvalue weighted by Gasteiger charge is 2.04. The zero-order chi connectivity index (χ0) is 15.1. The minimum Gasteiger partial charge on any atom is -0.481 e. The van der Waals surface area contributed by atoms with Crippen LogP contribution in [0.15, 0.2) is 24.3 Å². The van der Waals surface area contributed by atoms with E-state index >= 15 is 0 Å². The molecule has 4 heteroatoms. The molecule has 19 heavy (non-hydrogen) atoms. The molecule has 0 rings (SSSR count). The summed E-state index contributed by atoms with van der Waals surface area (Å²) in [5, 5.41) is 16.6. The molecule has 0 spiro atoms. The van der Waals surface area contributed by atoms with Gasteiger partial charge in [-0.1, -0.05) is 45.3 Å². The first kappa shape index (κ1) is 19.8. The van der Waals surface area contributed by atoms with Crippen LogP contribution in [0.2, 0.25) is 0 Å². The molecule has 0 heterocycles. The van der Waals surface area contributed by atoms with Crippen LogP contribution in [0, 0.1) is 0 Å². The maximum atomic E-state index is 10.7. The summed E-state index contributed by atoms with van der Waals surface area (Å²) in [6.07, 6.45) is 9.31. The van der Waals surface area contributed by atoms with Gasteiger partial charge in [-0.25, -0.2) is 4.79 Å². The average molecular weight is 270 g/mol. The molecule has 2 N–H and O–H groups in total. The van der Waals surface area contributed by atoms with Gasteiger partial charge in [0.05, 0.1) is 6.42 Å². The predicted molar refractivity (Wildman–Crippen MR) is 77.2 cm³/mol. The third-order valence-corrected chi connectivity index (χ3v) is 2.34. The van der Waals surface area contributed by atoms with Crippen molar-refractivity contribution < 1.29 is 19.8 Å². The molecule has 0 aliphatic heterocycles. The maximum absolute atomic E-state index is 10.7. The summed E-state index contributed by atoms with van der Waals surface area (Å²) in [6.45, 7) is 7.34. The quantitative estimate of drug-likeness (QED) is 0.377. The van der Waals surface area contributed by atoms with Gasteiger partial charge in [-0.2, -0.15) is 0 Å². The van der Waals surface area contributed by atoms with Crippen LogP contribution < -0.4 is 0 Å². The van der Waals surface area contributed by atoms with E-state index in [4.69, 9.17) is 10.2 Å². The normalized spacial score (nSPS) is 10.3. The van der Waals surface area contributed by atoms with E-state index in [1.54, 1.807) is 0 Å². The Bertz CT molecular complexity index is 293. The molecule has 0 aromatic rings. The molecule has 0 aliphatic rings. The lowest BCUT2D eigenvalue weighted by atomic mass is 10.1. The first-order chi connectivity index (χ1) is 8.99. The minimum absolute atomic E-state index is 0.0556. The van der Waals surface area contributed by atoms with E-state index in [-0.39, 0.29) is 6.42 Å². The fraction of sp³-hybridized carbons (Fsp3) is 0.600. The Balaban J connectivity index is 0. The SMILES string of the molecule is C=CCC(=O)O.CCC=C(CCCCCC)C(=O)O. The number of unbranched alkanes of at least 4 members (excludes halogenated alkanes) is 3. The molecular formula is C15H26O4. The summed E-state index contributed by atoms with van der Waals surface area (Å²) >= 11 is 0. The molecule has 0 unspecified atom stereocenters. The van der Waals surface area contributed by atoms with Crippen molar-refractivity contribution in [2.45, 2.75) is 58.8 Å². The molecule has 110 valence electrons. The van der Waals surface area contributed by atoms with Gasteiger partial charge >= 0.3 is 11.9 Å². The summed E-state index contributed by atoms with van der Waals surface area (Å²) < 4.78 is 0. The summed E-state index contributed by atoms with van der Waals surface area (Å²) in [5.74, 6) is -1.58. The Morgan fingerprint density at radius 1 is 1.11 bits per heavy atom. The van der Waals surface area contributed by atoms with E-state index in [2.05, 4.69) is 13.5 Å². The van der Waals surface area contributed by atoms with E-state index < -0.39 is 11.9 Å². The molecule has 0 aromatic carbocycles. The Hall–Kier alpha value is -1.58. The van der Waals surface area contributed by atoms with Crippen LogP contribution in [0.3, 0.4) is 0 Å². The van der Waals surface area contributed by atoms with Gasteiger partial charge in [0.1, 0.15) is 0 Å². The van der Waals surface area contributed by atoms with E-state index in [9.17, 15) is 9.59 Å². The van der Waals surface area contributed by atoms with E-state index in [1.807, 2.05) is 13.0 Å². The van der Waals surface area contributed by atoms with Gasteiger partial charge in [0.15, 0.2) is 0 Å². The van der Waals surface area contributed by atoms with Gasteiger partial charge < -0.3 is 10.2 Å². The second kappa shape index (κ2) is 14.5. The van der Waals surface area contributed by atoms with Gasteiger partial charge in [-0.05, 0) is 19.3 Å². The van der Waals surface area contributed by atoms with Crippen LogP contribution in [-0.4, -0.2) is 22.2 Å². The summed E-state index contributed by atoms with van der Waals surface area (Å²) in [5.41, 5.74) is 0.582. The van der Waals surface area contributed by atoms with Gasteiger partial charge in [-0.3, -0.25) is 4.79 Å². The van der Waals surface area contributed by atoms with Crippen LogP contribution in [-0.2, 0) is 9.59 Å². The van der Waals surface area contributed by atoms with Crippen LogP contribution in [0.1, 0.15) is 58.8 Å². The van der Waals surface area contributed by atoms with E-state index in [0.717, 1.165) is 25.7 Å². The van der Waals surface area contributed by atoms with Crippen LogP contribution in [0.25, 0.3) is 0 Å². The molecule has 0 aliphatic carbocycles. The van der Waals surface area contributed by atoms with Gasteiger partial charge in [0, 0.05) is 5.57 Å². The smallest absolute Gasteiger partial charge is 0.331 e. The Morgan fingerprint density at radius 3 is 2.05 bits per heavy atom. The van der Waals surface area contributed by atoms with Crippen LogP contribution in [0.5, 0.6) is 0 Å². The number of carboxylic acid groups (broad SMARTS) is 2. The van der Waals surface area contributed by atoms with E-state index in [0.29, 0.717) is 5.57 Å². The molecule has 0 atom stereocenters. The van der Waals surface area contributed by atoms with Gasteiger partial charge in [-0.15, -0.1) is 6.58 Å². The molecule has 0 bridgehead atoms. The van der Waals surface area contributed by atoms with Crippen LogP contribution in [0.4, 0.5) is 0 Å². The largest absolute Gasteiger partial charge is 0.481 e. The topological polar surface area (TPSA) is 74.6 Å². The molecule has 0 aromatic heterocycles. The zero-order valence-corrected chi connectivity index (χ0v) is 12.0. The van der Waals surface area contributed by atoms with Crippen LogP contribution >= 0.6 is 0 Å². The lowest BCUT2D eigenvalue weighted by molar-refractivity contribution is -0.136. The number of hydrogen-bond donors (Lipinski definition) is 2. The highest BCUT2D eigenvalue weighted by Crippen LogP contribution is 2.10. The number of allylic oxidation sites excluding steroid dienone is 1. The van der Waals surface area contributed by atoms with Crippen molar-refractivity contribution in [3.63, 3.8) is 0 Å². The molecule has 0 fully saturated rings. The molecule has 0 radical (unpaired) electrons. The Labute approximate surface area is 115 Å². The van der Waals surface area contributed by atoms with Crippen molar-refractivity contribution in [3.05, 3.63) is 24.3 Å². The second-order valence-electron chi connectivity index (χ2n) is 4.14. The number of carbonyl (C=O) groups is 2. The van der Waals surface area contributed by atoms with Crippen molar-refractivity contribution in [3.8, 4) is 0 Å². The number of aliphatic carboxylic acids is 2. The third kappa shape index (κ3) is 16.4. The van der Waals surface area contributed by atoms with Crippen molar-refractivity contribution >= 4 is 11.9 Å². The molecular weight excluding hydrogens is 244 g/mol. The fourth-order valence-electron chi connectivity index (χ4n) is 1.41. The minimum atomic E-state index is -0.829. The highest BCUT2D eigenvalue weighted by molar-refractivity contribution is 5.86. The fourth-order valence-corrected chi connectivity index (χ4v) is 1.41. The number of rotatable bonds is 9. The summed E-state index contributed by atoms with van der Waals surface area (Å²) in [6, 6.07) is 0. The standard InChI is InChI=1S/C11H20O2.C4H6O2/c1-3-5-6-7-9-10(8-4-2)11(12)13;1-2-3-4(5)6/h8H,3-7,9H2,1-2H3,(H,12,13);2H,1,3H2,(H,5,6). The predicted octanol–water partition coefficient (Wildman–Crippen LogP) is 4.02. The second-order valence-corrected chi connectivity index (χ2v) is 4.14. The maximum Gasteiger partial charge on any atom is 0.331 e. The summed E-state index contributed by atoms with van der Waals surface area (Å²) in [7, 11) is 0. The van der Waals surface area contributed by atoms with Gasteiger partial charge in [0.2, 0.25) is 0 Å². The number of carboxylic acids is 2. The molecule has 4 nitrogen and oxygen atoms in total. The Kier molecular flexibility index (Phi) is 15.1. The van der Waals surface area contributed by atoms with Gasteiger partial charge in [0.25, 0.3) is 0 Å².